The van der Waals surface area contributed by atoms with Gasteiger partial charge in [0.05, 0.1) is 0 Å². The van der Waals surface area contributed by atoms with Crippen LogP contribution in [0.2, 0.25) is 5.02 Å². The summed E-state index contributed by atoms with van der Waals surface area (Å²) < 4.78 is 11.4. The summed E-state index contributed by atoms with van der Waals surface area (Å²) in [6, 6.07) is 20.3. The summed E-state index contributed by atoms with van der Waals surface area (Å²) in [5, 5.41) is 3.44. The van der Waals surface area contributed by atoms with E-state index in [1.807, 2.05) is 36.4 Å². The summed E-state index contributed by atoms with van der Waals surface area (Å²) in [7, 11) is 0. The first-order valence-electron chi connectivity index (χ1n) is 9.29. The smallest absolute Gasteiger partial charge is 0.262 e. The number of oxazole rings is 1. The molecule has 3 aromatic carbocycles. The zero-order valence-corrected chi connectivity index (χ0v) is 16.6. The molecular weight excluding hydrogens is 388 g/mol. The Morgan fingerprint density at radius 1 is 1.10 bits per heavy atom. The molecule has 5 nitrogen and oxygen atoms in total. The first-order valence-corrected chi connectivity index (χ1v) is 9.66. The lowest BCUT2D eigenvalue weighted by Crippen LogP contribution is -2.20. The second-order valence-corrected chi connectivity index (χ2v) is 6.99. The summed E-state index contributed by atoms with van der Waals surface area (Å²) in [4.78, 5) is 16.7. The van der Waals surface area contributed by atoms with Gasteiger partial charge >= 0.3 is 0 Å². The van der Waals surface area contributed by atoms with Crippen LogP contribution in [0.15, 0.2) is 71.1 Å². The Morgan fingerprint density at radius 3 is 2.79 bits per heavy atom. The quantitative estimate of drug-likeness (QED) is 0.444. The molecule has 6 heteroatoms. The van der Waals surface area contributed by atoms with Crippen molar-refractivity contribution in [2.24, 2.45) is 0 Å². The maximum absolute atomic E-state index is 12.2. The minimum Gasteiger partial charge on any atom is -0.484 e. The average molecular weight is 407 g/mol. The molecule has 146 valence electrons. The largest absolute Gasteiger partial charge is 0.484 e. The number of hydrogen-bond donors (Lipinski definition) is 1. The minimum atomic E-state index is -0.246. The van der Waals surface area contributed by atoms with Crippen LogP contribution in [0.25, 0.3) is 22.6 Å². The zero-order chi connectivity index (χ0) is 20.2. The Hall–Kier alpha value is -3.31. The van der Waals surface area contributed by atoms with Crippen LogP contribution in [0.1, 0.15) is 12.5 Å². The number of fused-ring (bicyclic) bond motifs is 1. The molecule has 0 saturated carbocycles. The van der Waals surface area contributed by atoms with Gasteiger partial charge in [-0.2, -0.15) is 0 Å². The van der Waals surface area contributed by atoms with E-state index in [0.29, 0.717) is 33.4 Å². The van der Waals surface area contributed by atoms with Gasteiger partial charge in [-0.05, 0) is 60.5 Å². The van der Waals surface area contributed by atoms with Crippen LogP contribution in [0.5, 0.6) is 5.75 Å². The van der Waals surface area contributed by atoms with Gasteiger partial charge in [-0.3, -0.25) is 4.79 Å². The number of carbonyl (C=O) groups excluding carboxylic acids is 1. The lowest BCUT2D eigenvalue weighted by Gasteiger charge is -2.08. The third-order valence-electron chi connectivity index (χ3n) is 4.42. The number of hydrogen-bond acceptors (Lipinski definition) is 4. The standard InChI is InChI=1S/C23H19ClN2O3/c1-2-15-5-3-8-19(11-15)28-14-22(27)25-18-9-10-21-20(13-18)26-23(29-21)16-6-4-7-17(24)12-16/h3-13H,2,14H2,1H3,(H,25,27). The van der Waals surface area contributed by atoms with Crippen molar-refractivity contribution < 1.29 is 13.9 Å². The molecule has 0 fully saturated rings. The fourth-order valence-electron chi connectivity index (χ4n) is 2.95. The Bertz CT molecular complexity index is 1170. The van der Waals surface area contributed by atoms with Crippen LogP contribution in [0.4, 0.5) is 5.69 Å². The number of nitrogens with one attached hydrogen (secondary N) is 1. The second kappa shape index (κ2) is 8.37. The fraction of sp³-hybridized carbons (Fsp3) is 0.130. The number of aromatic nitrogens is 1. The number of ether oxygens (including phenoxy) is 1. The van der Waals surface area contributed by atoms with Crippen molar-refractivity contribution in [1.82, 2.24) is 4.98 Å². The summed E-state index contributed by atoms with van der Waals surface area (Å²) in [6.45, 7) is 2.00. The van der Waals surface area contributed by atoms with Crippen LogP contribution in [0.3, 0.4) is 0 Å². The topological polar surface area (TPSA) is 64.4 Å². The van der Waals surface area contributed by atoms with E-state index in [-0.39, 0.29) is 12.5 Å². The Balaban J connectivity index is 1.44. The van der Waals surface area contributed by atoms with Gasteiger partial charge in [0.15, 0.2) is 12.2 Å². The zero-order valence-electron chi connectivity index (χ0n) is 15.8. The van der Waals surface area contributed by atoms with Gasteiger partial charge < -0.3 is 14.5 Å². The van der Waals surface area contributed by atoms with E-state index in [0.717, 1.165) is 17.5 Å². The summed E-state index contributed by atoms with van der Waals surface area (Å²) >= 11 is 6.04. The van der Waals surface area contributed by atoms with Crippen LogP contribution in [-0.4, -0.2) is 17.5 Å². The van der Waals surface area contributed by atoms with Gasteiger partial charge in [0.1, 0.15) is 11.3 Å². The summed E-state index contributed by atoms with van der Waals surface area (Å²) in [6.07, 6.45) is 0.915. The number of carbonyl (C=O) groups is 1. The Morgan fingerprint density at radius 2 is 1.97 bits per heavy atom. The molecule has 0 bridgehead atoms. The van der Waals surface area contributed by atoms with E-state index in [1.165, 1.54) is 0 Å². The number of amides is 1. The Kier molecular flexibility index (Phi) is 5.49. The monoisotopic (exact) mass is 406 g/mol. The van der Waals surface area contributed by atoms with Gasteiger partial charge in [0, 0.05) is 16.3 Å². The van der Waals surface area contributed by atoms with Gasteiger partial charge in [0.2, 0.25) is 5.89 Å². The van der Waals surface area contributed by atoms with Crippen molar-refractivity contribution in [2.45, 2.75) is 13.3 Å². The maximum Gasteiger partial charge on any atom is 0.262 e. The SMILES string of the molecule is CCc1cccc(OCC(=O)Nc2ccc3oc(-c4cccc(Cl)c4)nc3c2)c1. The molecule has 1 amide bonds. The van der Waals surface area contributed by atoms with Crippen molar-refractivity contribution >= 4 is 34.3 Å². The molecular formula is C23H19ClN2O3. The molecule has 0 aliphatic rings. The molecule has 0 unspecified atom stereocenters. The predicted molar refractivity (Wildman–Crippen MR) is 114 cm³/mol. The molecule has 0 aliphatic carbocycles. The van der Waals surface area contributed by atoms with E-state index >= 15 is 0 Å². The van der Waals surface area contributed by atoms with Crippen molar-refractivity contribution in [3.8, 4) is 17.2 Å². The molecule has 0 radical (unpaired) electrons. The highest BCUT2D eigenvalue weighted by atomic mass is 35.5. The second-order valence-electron chi connectivity index (χ2n) is 6.55. The van der Waals surface area contributed by atoms with Crippen molar-refractivity contribution in [2.75, 3.05) is 11.9 Å². The molecule has 4 aromatic rings. The summed E-state index contributed by atoms with van der Waals surface area (Å²) in [5.41, 5.74) is 3.86. The van der Waals surface area contributed by atoms with Gasteiger partial charge in [-0.1, -0.05) is 36.7 Å². The van der Waals surface area contributed by atoms with Crippen molar-refractivity contribution in [1.29, 1.82) is 0 Å². The lowest BCUT2D eigenvalue weighted by atomic mass is 10.2. The molecule has 1 heterocycles. The molecule has 1 aromatic heterocycles. The first kappa shape index (κ1) is 19.0. The highest BCUT2D eigenvalue weighted by molar-refractivity contribution is 6.30. The van der Waals surface area contributed by atoms with Crippen LogP contribution >= 0.6 is 11.6 Å². The highest BCUT2D eigenvalue weighted by Gasteiger charge is 2.11. The molecule has 0 aliphatic heterocycles. The molecule has 0 spiro atoms. The number of rotatable bonds is 6. The van der Waals surface area contributed by atoms with E-state index in [1.54, 1.807) is 30.3 Å². The lowest BCUT2D eigenvalue weighted by molar-refractivity contribution is -0.118. The number of nitrogens with zero attached hydrogens (tertiary/aromatic N) is 1. The van der Waals surface area contributed by atoms with E-state index < -0.39 is 0 Å². The van der Waals surface area contributed by atoms with Crippen molar-refractivity contribution in [3.05, 3.63) is 77.3 Å². The minimum absolute atomic E-state index is 0.0716. The van der Waals surface area contributed by atoms with Crippen LogP contribution in [0, 0.1) is 0 Å². The third kappa shape index (κ3) is 4.58. The molecule has 0 atom stereocenters. The van der Waals surface area contributed by atoms with E-state index in [2.05, 4.69) is 17.2 Å². The van der Waals surface area contributed by atoms with Crippen LogP contribution < -0.4 is 10.1 Å². The molecule has 29 heavy (non-hydrogen) atoms. The van der Waals surface area contributed by atoms with Gasteiger partial charge in [-0.15, -0.1) is 0 Å². The predicted octanol–water partition coefficient (Wildman–Crippen LogP) is 5.73. The van der Waals surface area contributed by atoms with Gasteiger partial charge in [0.25, 0.3) is 5.91 Å². The average Bonchev–Trinajstić information content (AvgIpc) is 3.16. The molecule has 4 rings (SSSR count). The normalized spacial score (nSPS) is 10.8. The molecule has 0 saturated heterocycles. The maximum atomic E-state index is 12.2. The number of benzene rings is 3. The van der Waals surface area contributed by atoms with Gasteiger partial charge in [-0.25, -0.2) is 4.98 Å². The number of anilines is 1. The number of aryl methyl sites for hydroxylation is 1. The third-order valence-corrected chi connectivity index (χ3v) is 4.65. The van der Waals surface area contributed by atoms with E-state index in [9.17, 15) is 4.79 Å². The highest BCUT2D eigenvalue weighted by Crippen LogP contribution is 2.27. The Labute approximate surface area is 173 Å². The van der Waals surface area contributed by atoms with E-state index in [4.69, 9.17) is 20.8 Å². The number of halogens is 1. The first-order chi connectivity index (χ1) is 14.1. The molecule has 1 N–H and O–H groups in total. The summed E-state index contributed by atoms with van der Waals surface area (Å²) in [5.74, 6) is 0.910. The fourth-order valence-corrected chi connectivity index (χ4v) is 3.14. The van der Waals surface area contributed by atoms with Crippen molar-refractivity contribution in [3.63, 3.8) is 0 Å². The van der Waals surface area contributed by atoms with Crippen LogP contribution in [-0.2, 0) is 11.2 Å².